The molecule has 2 aromatic carbocycles. The molecule has 1 saturated heterocycles. The van der Waals surface area contributed by atoms with E-state index < -0.39 is 21.9 Å². The average Bonchev–Trinajstić information content (AvgIpc) is 3.29. The lowest BCUT2D eigenvalue weighted by molar-refractivity contribution is -0.385. The summed E-state index contributed by atoms with van der Waals surface area (Å²) in [6, 6.07) is 14.0. The van der Waals surface area contributed by atoms with Crippen LogP contribution in [0.15, 0.2) is 65.7 Å². The van der Waals surface area contributed by atoms with Gasteiger partial charge in [0.05, 0.1) is 22.9 Å². The van der Waals surface area contributed by atoms with Gasteiger partial charge in [0.15, 0.2) is 0 Å². The number of nitro groups is 1. The summed E-state index contributed by atoms with van der Waals surface area (Å²) in [5.41, 5.74) is 1.16. The second-order valence-electron chi connectivity index (χ2n) is 6.91. The molecule has 2 heterocycles. The normalized spacial score (nSPS) is 15.1. The minimum Gasteiger partial charge on any atom is -0.343 e. The summed E-state index contributed by atoms with van der Waals surface area (Å²) in [6.07, 6.45) is 3.27. The van der Waals surface area contributed by atoms with Crippen molar-refractivity contribution in [2.75, 3.05) is 0 Å². The number of para-hydroxylation sites is 1. The van der Waals surface area contributed by atoms with Crippen molar-refractivity contribution >= 4 is 46.3 Å². The summed E-state index contributed by atoms with van der Waals surface area (Å²) in [6.45, 7) is -0.0602. The smallest absolute Gasteiger partial charge is 0.293 e. The van der Waals surface area contributed by atoms with Crippen LogP contribution in [0.3, 0.4) is 0 Å². The molecule has 2 amide bonds. The molecule has 4 rings (SSSR count). The first kappa shape index (κ1) is 21.8. The number of benzene rings is 2. The molecule has 7 nitrogen and oxygen atoms in total. The maximum atomic E-state index is 14.1. The van der Waals surface area contributed by atoms with Gasteiger partial charge in [0, 0.05) is 34.1 Å². The topological polar surface area (TPSA) is 85.5 Å². The second kappa shape index (κ2) is 8.97. The number of hydrogen-bond donors (Lipinski definition) is 0. The molecule has 162 valence electrons. The summed E-state index contributed by atoms with van der Waals surface area (Å²) in [4.78, 5) is 37.2. The lowest BCUT2D eigenvalue weighted by Gasteiger charge is -2.14. The number of thioether (sulfide) groups is 1. The van der Waals surface area contributed by atoms with Crippen LogP contribution in [0.2, 0.25) is 5.02 Å². The Morgan fingerprint density at radius 2 is 1.84 bits per heavy atom. The minimum absolute atomic E-state index is 0.00533. The van der Waals surface area contributed by atoms with Gasteiger partial charge in [0.2, 0.25) is 0 Å². The Labute approximate surface area is 191 Å². The van der Waals surface area contributed by atoms with Crippen molar-refractivity contribution < 1.29 is 18.9 Å². The number of carbonyl (C=O) groups is 2. The lowest BCUT2D eigenvalue weighted by atomic mass is 10.2. The van der Waals surface area contributed by atoms with Crippen LogP contribution in [-0.2, 0) is 17.9 Å². The first-order valence-corrected chi connectivity index (χ1v) is 10.6. The van der Waals surface area contributed by atoms with Gasteiger partial charge in [-0.1, -0.05) is 35.9 Å². The maximum Gasteiger partial charge on any atom is 0.293 e. The highest BCUT2D eigenvalue weighted by Gasteiger charge is 2.36. The van der Waals surface area contributed by atoms with Crippen molar-refractivity contribution in [2.45, 2.75) is 13.1 Å². The van der Waals surface area contributed by atoms with E-state index in [4.69, 9.17) is 11.6 Å². The summed E-state index contributed by atoms with van der Waals surface area (Å²) >= 11 is 6.77. The number of hydrogen-bond acceptors (Lipinski definition) is 5. The molecule has 0 spiro atoms. The highest BCUT2D eigenvalue weighted by molar-refractivity contribution is 8.18. The number of nitrogens with zero attached hydrogens (tertiary/aromatic N) is 3. The number of aromatic nitrogens is 1. The van der Waals surface area contributed by atoms with E-state index >= 15 is 0 Å². The predicted octanol–water partition coefficient (Wildman–Crippen LogP) is 5.47. The third kappa shape index (κ3) is 4.30. The van der Waals surface area contributed by atoms with E-state index in [-0.39, 0.29) is 34.3 Å². The van der Waals surface area contributed by atoms with Gasteiger partial charge in [-0.15, -0.1) is 0 Å². The fourth-order valence-corrected chi connectivity index (χ4v) is 4.37. The molecular weight excluding hydrogens is 457 g/mol. The van der Waals surface area contributed by atoms with Gasteiger partial charge in [-0.05, 0) is 42.1 Å². The molecule has 0 bridgehead atoms. The monoisotopic (exact) mass is 471 g/mol. The molecule has 0 radical (unpaired) electrons. The largest absolute Gasteiger partial charge is 0.343 e. The molecule has 1 aliphatic heterocycles. The van der Waals surface area contributed by atoms with E-state index in [2.05, 4.69) is 0 Å². The van der Waals surface area contributed by atoms with Gasteiger partial charge >= 0.3 is 0 Å². The van der Waals surface area contributed by atoms with E-state index in [1.165, 1.54) is 24.3 Å². The Kier molecular flexibility index (Phi) is 6.11. The highest BCUT2D eigenvalue weighted by Crippen LogP contribution is 2.35. The highest BCUT2D eigenvalue weighted by atomic mass is 35.5. The fourth-order valence-electron chi connectivity index (χ4n) is 3.32. The molecule has 3 aromatic rings. The van der Waals surface area contributed by atoms with Crippen LogP contribution in [0, 0.1) is 15.9 Å². The molecule has 1 fully saturated rings. The second-order valence-corrected chi connectivity index (χ2v) is 8.32. The zero-order valence-corrected chi connectivity index (χ0v) is 18.0. The van der Waals surface area contributed by atoms with Gasteiger partial charge < -0.3 is 4.57 Å². The summed E-state index contributed by atoms with van der Waals surface area (Å²) in [5, 5.41) is 10.9. The maximum absolute atomic E-state index is 14.1. The molecule has 1 aliphatic rings. The van der Waals surface area contributed by atoms with Crippen molar-refractivity contribution in [3.8, 4) is 0 Å². The first-order chi connectivity index (χ1) is 15.3. The zero-order valence-electron chi connectivity index (χ0n) is 16.4. The van der Waals surface area contributed by atoms with E-state index in [9.17, 15) is 24.1 Å². The van der Waals surface area contributed by atoms with Gasteiger partial charge in [0.1, 0.15) is 5.82 Å². The van der Waals surface area contributed by atoms with Crippen LogP contribution in [-0.4, -0.2) is 25.5 Å². The molecule has 1 aromatic heterocycles. The van der Waals surface area contributed by atoms with Crippen molar-refractivity contribution in [1.82, 2.24) is 9.47 Å². The Hall–Kier alpha value is -3.43. The predicted molar refractivity (Wildman–Crippen MR) is 120 cm³/mol. The SMILES string of the molecule is O=C1S/C(=C/c2cccn2Cc2ccccc2[N+](=O)[O-])C(=O)N1Cc1c(F)cccc1Cl. The summed E-state index contributed by atoms with van der Waals surface area (Å²) in [7, 11) is 0. The van der Waals surface area contributed by atoms with Crippen molar-refractivity contribution in [2.24, 2.45) is 0 Å². The van der Waals surface area contributed by atoms with E-state index in [1.807, 2.05) is 0 Å². The molecule has 0 aliphatic carbocycles. The van der Waals surface area contributed by atoms with Gasteiger partial charge in [-0.25, -0.2) is 4.39 Å². The van der Waals surface area contributed by atoms with Crippen molar-refractivity contribution in [3.05, 3.63) is 103 Å². The zero-order chi connectivity index (χ0) is 22.8. The lowest BCUT2D eigenvalue weighted by Crippen LogP contribution is -2.28. The molecule has 32 heavy (non-hydrogen) atoms. The molecule has 0 unspecified atom stereocenters. The molecule has 0 N–H and O–H groups in total. The Morgan fingerprint density at radius 1 is 1.06 bits per heavy atom. The van der Waals surface area contributed by atoms with Crippen molar-refractivity contribution in [1.29, 1.82) is 0 Å². The number of carbonyl (C=O) groups excluding carboxylic acids is 2. The van der Waals surface area contributed by atoms with E-state index in [1.54, 1.807) is 47.2 Å². The van der Waals surface area contributed by atoms with Crippen LogP contribution < -0.4 is 0 Å². The van der Waals surface area contributed by atoms with Crippen molar-refractivity contribution in [3.63, 3.8) is 0 Å². The minimum atomic E-state index is -0.598. The van der Waals surface area contributed by atoms with E-state index in [0.717, 1.165) is 16.7 Å². The van der Waals surface area contributed by atoms with Crippen LogP contribution in [0.5, 0.6) is 0 Å². The van der Waals surface area contributed by atoms with Crippen LogP contribution in [0.1, 0.15) is 16.8 Å². The summed E-state index contributed by atoms with van der Waals surface area (Å²) < 4.78 is 15.8. The number of imide groups is 1. The number of rotatable bonds is 6. The number of amides is 2. The van der Waals surface area contributed by atoms with Gasteiger partial charge in [-0.2, -0.15) is 0 Å². The average molecular weight is 472 g/mol. The standard InChI is InChI=1S/C22H15ClFN3O4S/c23-17-7-3-8-18(24)16(17)13-26-21(28)20(32-22(26)29)11-15-6-4-10-25(15)12-14-5-1-2-9-19(14)27(30)31/h1-11H,12-13H2/b20-11+. The number of halogens is 2. The Balaban J connectivity index is 1.59. The van der Waals surface area contributed by atoms with E-state index in [0.29, 0.717) is 11.3 Å². The Morgan fingerprint density at radius 3 is 2.59 bits per heavy atom. The quantitative estimate of drug-likeness (QED) is 0.270. The van der Waals surface area contributed by atoms with Crippen LogP contribution in [0.25, 0.3) is 6.08 Å². The first-order valence-electron chi connectivity index (χ1n) is 9.41. The number of nitro benzene ring substituents is 1. The summed E-state index contributed by atoms with van der Waals surface area (Å²) in [5.74, 6) is -1.16. The molecule has 0 saturated carbocycles. The third-order valence-corrected chi connectivity index (χ3v) is 6.19. The molecular formula is C22H15ClFN3O4S. The van der Waals surface area contributed by atoms with Gasteiger partial charge in [-0.3, -0.25) is 24.6 Å². The molecule has 10 heteroatoms. The fraction of sp³-hybridized carbons (Fsp3) is 0.0909. The molecule has 0 atom stereocenters. The van der Waals surface area contributed by atoms with Crippen LogP contribution >= 0.6 is 23.4 Å². The van der Waals surface area contributed by atoms with Crippen LogP contribution in [0.4, 0.5) is 14.9 Å². The Bertz CT molecular complexity index is 1250. The third-order valence-electron chi connectivity index (χ3n) is 4.92. The van der Waals surface area contributed by atoms with Gasteiger partial charge in [0.25, 0.3) is 16.8 Å².